The molecule has 1 heterocycles. The summed E-state index contributed by atoms with van der Waals surface area (Å²) >= 11 is 4.76. The van der Waals surface area contributed by atoms with Crippen LogP contribution in [0.15, 0.2) is 40.2 Å². The molecule has 1 aromatic heterocycles. The number of methoxy groups -OCH3 is 2. The monoisotopic (exact) mass is 352 g/mol. The fraction of sp³-hybridized carbons (Fsp3) is 0.133. The number of allylic oxidation sites excluding steroid dienone is 1. The van der Waals surface area contributed by atoms with E-state index in [0.717, 1.165) is 15.8 Å². The van der Waals surface area contributed by atoms with Crippen molar-refractivity contribution in [2.45, 2.75) is 0 Å². The van der Waals surface area contributed by atoms with Crippen molar-refractivity contribution in [2.24, 2.45) is 0 Å². The van der Waals surface area contributed by atoms with Gasteiger partial charge in [-0.3, -0.25) is 4.79 Å². The standard InChI is InChI=1S/C15H13BrO3S/c1-18-11-4-6-14(19-2)10(9-11)3-5-13(17)15-12(16)7-8-20-15/h3-9H,1-2H3/b5-3+. The number of carbonyl (C=O) groups is 1. The first kappa shape index (κ1) is 14.8. The van der Waals surface area contributed by atoms with Crippen LogP contribution in [0.5, 0.6) is 11.5 Å². The summed E-state index contributed by atoms with van der Waals surface area (Å²) in [6.45, 7) is 0. The lowest BCUT2D eigenvalue weighted by Crippen LogP contribution is -1.92. The summed E-state index contributed by atoms with van der Waals surface area (Å²) in [6, 6.07) is 7.31. The number of ketones is 1. The third kappa shape index (κ3) is 3.29. The Kier molecular flexibility index (Phi) is 4.98. The summed E-state index contributed by atoms with van der Waals surface area (Å²) < 4.78 is 11.3. The molecule has 0 aliphatic rings. The Morgan fingerprint density at radius 2 is 2.05 bits per heavy atom. The van der Waals surface area contributed by atoms with Crippen molar-refractivity contribution >= 4 is 39.1 Å². The van der Waals surface area contributed by atoms with Gasteiger partial charge < -0.3 is 9.47 Å². The van der Waals surface area contributed by atoms with E-state index in [1.807, 2.05) is 29.6 Å². The van der Waals surface area contributed by atoms with Crippen LogP contribution in [0.4, 0.5) is 0 Å². The van der Waals surface area contributed by atoms with Crippen LogP contribution in [-0.4, -0.2) is 20.0 Å². The molecule has 104 valence electrons. The minimum absolute atomic E-state index is 0.0447. The third-order valence-electron chi connectivity index (χ3n) is 2.69. The van der Waals surface area contributed by atoms with Crippen molar-refractivity contribution in [3.63, 3.8) is 0 Å². The lowest BCUT2D eigenvalue weighted by Gasteiger charge is -2.06. The molecular weight excluding hydrogens is 340 g/mol. The van der Waals surface area contributed by atoms with E-state index in [4.69, 9.17) is 9.47 Å². The van der Waals surface area contributed by atoms with Gasteiger partial charge in [-0.05, 0) is 57.7 Å². The molecule has 2 aromatic rings. The second-order valence-corrected chi connectivity index (χ2v) is 5.67. The van der Waals surface area contributed by atoms with E-state index in [-0.39, 0.29) is 5.78 Å². The predicted octanol–water partition coefficient (Wildman–Crippen LogP) is 4.42. The van der Waals surface area contributed by atoms with Gasteiger partial charge in [0, 0.05) is 10.0 Å². The van der Waals surface area contributed by atoms with Gasteiger partial charge >= 0.3 is 0 Å². The molecule has 2 rings (SSSR count). The molecule has 0 aliphatic carbocycles. The summed E-state index contributed by atoms with van der Waals surface area (Å²) in [6.07, 6.45) is 3.27. The molecule has 1 aromatic carbocycles. The van der Waals surface area contributed by atoms with Gasteiger partial charge in [0.2, 0.25) is 0 Å². The van der Waals surface area contributed by atoms with Gasteiger partial charge in [0.15, 0.2) is 5.78 Å². The number of carbonyl (C=O) groups excluding carboxylic acids is 1. The molecule has 0 unspecified atom stereocenters. The highest BCUT2D eigenvalue weighted by atomic mass is 79.9. The topological polar surface area (TPSA) is 35.5 Å². The predicted molar refractivity (Wildman–Crippen MR) is 84.9 cm³/mol. The fourth-order valence-electron chi connectivity index (χ4n) is 1.68. The molecule has 0 N–H and O–H groups in total. The van der Waals surface area contributed by atoms with E-state index in [0.29, 0.717) is 10.6 Å². The zero-order valence-corrected chi connectivity index (χ0v) is 13.5. The molecular formula is C15H13BrO3S. The van der Waals surface area contributed by atoms with Gasteiger partial charge in [-0.1, -0.05) is 0 Å². The smallest absolute Gasteiger partial charge is 0.196 e. The second kappa shape index (κ2) is 6.72. The largest absolute Gasteiger partial charge is 0.497 e. The Labute approximate surface area is 130 Å². The Balaban J connectivity index is 2.27. The number of halogens is 1. The number of hydrogen-bond acceptors (Lipinski definition) is 4. The van der Waals surface area contributed by atoms with Crippen molar-refractivity contribution in [1.82, 2.24) is 0 Å². The van der Waals surface area contributed by atoms with Crippen LogP contribution in [0.2, 0.25) is 0 Å². The first-order chi connectivity index (χ1) is 9.65. The fourth-order valence-corrected chi connectivity index (χ4v) is 3.17. The summed E-state index contributed by atoms with van der Waals surface area (Å²) in [5.41, 5.74) is 0.799. The number of thiophene rings is 1. The maximum Gasteiger partial charge on any atom is 0.196 e. The minimum atomic E-state index is -0.0447. The molecule has 3 nitrogen and oxygen atoms in total. The van der Waals surface area contributed by atoms with E-state index in [9.17, 15) is 4.79 Å². The van der Waals surface area contributed by atoms with Crippen LogP contribution in [0.25, 0.3) is 6.08 Å². The van der Waals surface area contributed by atoms with Crippen LogP contribution >= 0.6 is 27.3 Å². The van der Waals surface area contributed by atoms with Crippen molar-refractivity contribution in [2.75, 3.05) is 14.2 Å². The quantitative estimate of drug-likeness (QED) is 0.590. The minimum Gasteiger partial charge on any atom is -0.497 e. The van der Waals surface area contributed by atoms with E-state index in [1.165, 1.54) is 17.4 Å². The van der Waals surface area contributed by atoms with E-state index in [1.54, 1.807) is 20.3 Å². The SMILES string of the molecule is COc1ccc(OC)c(/C=C/C(=O)c2sccc2Br)c1. The molecule has 0 radical (unpaired) electrons. The first-order valence-corrected chi connectivity index (χ1v) is 7.50. The Morgan fingerprint density at radius 3 is 2.65 bits per heavy atom. The highest BCUT2D eigenvalue weighted by molar-refractivity contribution is 9.10. The van der Waals surface area contributed by atoms with Gasteiger partial charge in [0.25, 0.3) is 0 Å². The van der Waals surface area contributed by atoms with Crippen LogP contribution in [0.1, 0.15) is 15.2 Å². The maximum absolute atomic E-state index is 12.1. The Bertz CT molecular complexity index is 646. The Morgan fingerprint density at radius 1 is 1.25 bits per heavy atom. The van der Waals surface area contributed by atoms with Gasteiger partial charge in [0.1, 0.15) is 11.5 Å². The van der Waals surface area contributed by atoms with E-state index in [2.05, 4.69) is 15.9 Å². The molecule has 0 spiro atoms. The average Bonchev–Trinajstić information content (AvgIpc) is 2.90. The van der Waals surface area contributed by atoms with Crippen molar-refractivity contribution < 1.29 is 14.3 Å². The third-order valence-corrected chi connectivity index (χ3v) is 4.54. The van der Waals surface area contributed by atoms with Crippen molar-refractivity contribution in [3.05, 3.63) is 50.6 Å². The molecule has 20 heavy (non-hydrogen) atoms. The average molecular weight is 353 g/mol. The van der Waals surface area contributed by atoms with E-state index < -0.39 is 0 Å². The number of ether oxygens (including phenoxy) is 2. The van der Waals surface area contributed by atoms with Crippen molar-refractivity contribution in [3.8, 4) is 11.5 Å². The van der Waals surface area contributed by atoms with Gasteiger partial charge in [-0.2, -0.15) is 0 Å². The summed E-state index contributed by atoms with van der Waals surface area (Å²) in [5, 5.41) is 1.87. The molecule has 0 atom stereocenters. The molecule has 0 bridgehead atoms. The highest BCUT2D eigenvalue weighted by Crippen LogP contribution is 2.27. The molecule has 5 heteroatoms. The van der Waals surface area contributed by atoms with Gasteiger partial charge in [-0.25, -0.2) is 0 Å². The normalized spacial score (nSPS) is 10.8. The number of benzene rings is 1. The van der Waals surface area contributed by atoms with Crippen LogP contribution in [-0.2, 0) is 0 Å². The zero-order chi connectivity index (χ0) is 14.5. The number of hydrogen-bond donors (Lipinski definition) is 0. The van der Waals surface area contributed by atoms with Crippen LogP contribution in [0.3, 0.4) is 0 Å². The van der Waals surface area contributed by atoms with Crippen LogP contribution < -0.4 is 9.47 Å². The molecule has 0 amide bonds. The first-order valence-electron chi connectivity index (χ1n) is 5.83. The van der Waals surface area contributed by atoms with Gasteiger partial charge in [-0.15, -0.1) is 11.3 Å². The highest BCUT2D eigenvalue weighted by Gasteiger charge is 2.09. The van der Waals surface area contributed by atoms with Crippen molar-refractivity contribution in [1.29, 1.82) is 0 Å². The molecule has 0 aliphatic heterocycles. The maximum atomic E-state index is 12.1. The zero-order valence-electron chi connectivity index (χ0n) is 11.1. The van der Waals surface area contributed by atoms with Crippen LogP contribution in [0, 0.1) is 0 Å². The lowest BCUT2D eigenvalue weighted by atomic mass is 10.1. The summed E-state index contributed by atoms with van der Waals surface area (Å²) in [7, 11) is 3.19. The number of rotatable bonds is 5. The molecule has 0 saturated carbocycles. The summed E-state index contributed by atoms with van der Waals surface area (Å²) in [4.78, 5) is 12.8. The Hall–Kier alpha value is -1.59. The lowest BCUT2D eigenvalue weighted by molar-refractivity contribution is 0.105. The van der Waals surface area contributed by atoms with E-state index >= 15 is 0 Å². The van der Waals surface area contributed by atoms with Gasteiger partial charge in [0.05, 0.1) is 19.1 Å². The molecule has 0 saturated heterocycles. The molecule has 0 fully saturated rings. The second-order valence-electron chi connectivity index (χ2n) is 3.90. The summed E-state index contributed by atoms with van der Waals surface area (Å²) in [5.74, 6) is 1.37.